The molecule has 6 nitrogen and oxygen atoms in total. The number of sulfonamides is 1. The van der Waals surface area contributed by atoms with Crippen molar-refractivity contribution in [1.29, 1.82) is 0 Å². The molecule has 0 amide bonds. The van der Waals surface area contributed by atoms with Crippen molar-refractivity contribution in [2.45, 2.75) is 32.4 Å². The van der Waals surface area contributed by atoms with Gasteiger partial charge in [0.25, 0.3) is 0 Å². The molecule has 1 aliphatic heterocycles. The van der Waals surface area contributed by atoms with E-state index in [0.29, 0.717) is 18.6 Å². The fraction of sp³-hybridized carbons (Fsp3) is 0.462. The number of nitrogens with one attached hydrogen (secondary N) is 1. The SMILES string of the molecule is CCCS(=O)(=O)NCc1ccc2c(c1)C[C@H](C(=O)O)O2. The van der Waals surface area contributed by atoms with Gasteiger partial charge >= 0.3 is 5.97 Å². The smallest absolute Gasteiger partial charge is 0.345 e. The molecule has 0 spiro atoms. The van der Waals surface area contributed by atoms with Gasteiger partial charge in [0.05, 0.1) is 5.75 Å². The third-order valence-electron chi connectivity index (χ3n) is 3.04. The van der Waals surface area contributed by atoms with E-state index in [0.717, 1.165) is 11.1 Å². The fourth-order valence-corrected chi connectivity index (χ4v) is 3.15. The second-order valence-electron chi connectivity index (χ2n) is 4.73. The maximum Gasteiger partial charge on any atom is 0.345 e. The molecular formula is C13H17NO5S. The summed E-state index contributed by atoms with van der Waals surface area (Å²) < 4.78 is 30.9. The van der Waals surface area contributed by atoms with Crippen LogP contribution in [0.25, 0.3) is 0 Å². The zero-order valence-electron chi connectivity index (χ0n) is 11.1. The first kappa shape index (κ1) is 14.8. The molecule has 110 valence electrons. The van der Waals surface area contributed by atoms with Crippen LogP contribution in [0.1, 0.15) is 24.5 Å². The van der Waals surface area contributed by atoms with Crippen LogP contribution >= 0.6 is 0 Å². The van der Waals surface area contributed by atoms with Gasteiger partial charge in [0.2, 0.25) is 10.0 Å². The number of hydrogen-bond acceptors (Lipinski definition) is 4. The van der Waals surface area contributed by atoms with E-state index >= 15 is 0 Å². The highest BCUT2D eigenvalue weighted by molar-refractivity contribution is 7.89. The topological polar surface area (TPSA) is 92.7 Å². The minimum absolute atomic E-state index is 0.0993. The van der Waals surface area contributed by atoms with E-state index in [1.54, 1.807) is 25.1 Å². The largest absolute Gasteiger partial charge is 0.478 e. The molecule has 0 aromatic heterocycles. The van der Waals surface area contributed by atoms with Gasteiger partial charge in [-0.3, -0.25) is 0 Å². The lowest BCUT2D eigenvalue weighted by atomic mass is 10.1. The van der Waals surface area contributed by atoms with Crippen LogP contribution in [0.4, 0.5) is 0 Å². The molecule has 0 fully saturated rings. The van der Waals surface area contributed by atoms with E-state index in [1.165, 1.54) is 0 Å². The molecule has 20 heavy (non-hydrogen) atoms. The number of aliphatic carboxylic acids is 1. The highest BCUT2D eigenvalue weighted by Crippen LogP contribution is 2.29. The van der Waals surface area contributed by atoms with Gasteiger partial charge in [-0.15, -0.1) is 0 Å². The summed E-state index contributed by atoms with van der Waals surface area (Å²) in [7, 11) is -3.24. The summed E-state index contributed by atoms with van der Waals surface area (Å²) in [6.45, 7) is 2.01. The molecule has 1 aromatic carbocycles. The highest BCUT2D eigenvalue weighted by atomic mass is 32.2. The normalized spacial score (nSPS) is 17.6. The first-order valence-corrected chi connectivity index (χ1v) is 8.05. The van der Waals surface area contributed by atoms with Crippen LogP contribution in [0.15, 0.2) is 18.2 Å². The van der Waals surface area contributed by atoms with E-state index in [2.05, 4.69) is 4.72 Å². The van der Waals surface area contributed by atoms with Gasteiger partial charge < -0.3 is 9.84 Å². The van der Waals surface area contributed by atoms with Gasteiger partial charge in [-0.25, -0.2) is 17.9 Å². The second-order valence-corrected chi connectivity index (χ2v) is 6.66. The van der Waals surface area contributed by atoms with E-state index < -0.39 is 22.1 Å². The van der Waals surface area contributed by atoms with Crippen molar-refractivity contribution < 1.29 is 23.1 Å². The zero-order chi connectivity index (χ0) is 14.8. The third kappa shape index (κ3) is 3.49. The summed E-state index contributed by atoms with van der Waals surface area (Å²) in [6, 6.07) is 5.20. The Kier molecular flexibility index (Phi) is 4.29. The average Bonchev–Trinajstić information content (AvgIpc) is 2.79. The van der Waals surface area contributed by atoms with Crippen molar-refractivity contribution >= 4 is 16.0 Å². The Labute approximate surface area is 117 Å². The monoisotopic (exact) mass is 299 g/mol. The molecule has 1 atom stereocenters. The van der Waals surface area contributed by atoms with Crippen LogP contribution in [-0.4, -0.2) is 31.4 Å². The average molecular weight is 299 g/mol. The molecule has 0 radical (unpaired) electrons. The van der Waals surface area contributed by atoms with Gasteiger partial charge in [0, 0.05) is 13.0 Å². The number of rotatable bonds is 6. The Balaban J connectivity index is 2.03. The van der Waals surface area contributed by atoms with Crippen molar-refractivity contribution in [3.63, 3.8) is 0 Å². The Hall–Kier alpha value is -1.60. The van der Waals surface area contributed by atoms with Gasteiger partial charge in [-0.1, -0.05) is 19.1 Å². The third-order valence-corrected chi connectivity index (χ3v) is 4.57. The van der Waals surface area contributed by atoms with Crippen molar-refractivity contribution in [3.8, 4) is 5.75 Å². The molecule has 0 saturated carbocycles. The minimum atomic E-state index is -3.24. The first-order valence-electron chi connectivity index (χ1n) is 6.40. The van der Waals surface area contributed by atoms with Crippen LogP contribution in [-0.2, 0) is 27.8 Å². The van der Waals surface area contributed by atoms with E-state index in [4.69, 9.17) is 9.84 Å². The molecule has 0 unspecified atom stereocenters. The lowest BCUT2D eigenvalue weighted by Gasteiger charge is -2.07. The Morgan fingerprint density at radius 1 is 1.50 bits per heavy atom. The van der Waals surface area contributed by atoms with Crippen molar-refractivity contribution in [3.05, 3.63) is 29.3 Å². The second kappa shape index (κ2) is 5.80. The van der Waals surface area contributed by atoms with Crippen LogP contribution in [0.5, 0.6) is 5.75 Å². The van der Waals surface area contributed by atoms with Crippen LogP contribution in [0, 0.1) is 0 Å². The quantitative estimate of drug-likeness (QED) is 0.814. The van der Waals surface area contributed by atoms with Crippen LogP contribution < -0.4 is 9.46 Å². The lowest BCUT2D eigenvalue weighted by Crippen LogP contribution is -2.25. The Bertz CT molecular complexity index is 611. The van der Waals surface area contributed by atoms with Gasteiger partial charge in [0.1, 0.15) is 5.75 Å². The summed E-state index contributed by atoms with van der Waals surface area (Å²) in [4.78, 5) is 10.9. The molecule has 7 heteroatoms. The molecule has 0 bridgehead atoms. The molecule has 0 aliphatic carbocycles. The molecule has 1 aromatic rings. The number of carbonyl (C=O) groups is 1. The summed E-state index contributed by atoms with van der Waals surface area (Å²) in [5.41, 5.74) is 1.59. The van der Waals surface area contributed by atoms with Gasteiger partial charge in [0.15, 0.2) is 6.10 Å². The van der Waals surface area contributed by atoms with E-state index in [-0.39, 0.29) is 12.3 Å². The Morgan fingerprint density at radius 2 is 2.25 bits per heavy atom. The predicted molar refractivity (Wildman–Crippen MR) is 73.1 cm³/mol. The fourth-order valence-electron chi connectivity index (χ4n) is 2.08. The summed E-state index contributed by atoms with van der Waals surface area (Å²) in [5.74, 6) is -0.341. The summed E-state index contributed by atoms with van der Waals surface area (Å²) >= 11 is 0. The number of carboxylic acids is 1. The van der Waals surface area contributed by atoms with Gasteiger partial charge in [-0.05, 0) is 23.6 Å². The highest BCUT2D eigenvalue weighted by Gasteiger charge is 2.28. The molecule has 0 saturated heterocycles. The summed E-state index contributed by atoms with van der Waals surface area (Å²) in [5, 5.41) is 8.91. The summed E-state index contributed by atoms with van der Waals surface area (Å²) in [6.07, 6.45) is 0.0189. The van der Waals surface area contributed by atoms with Crippen molar-refractivity contribution in [2.24, 2.45) is 0 Å². The number of fused-ring (bicyclic) bond motifs is 1. The first-order chi connectivity index (χ1) is 9.41. The molecule has 1 heterocycles. The molecule has 1 aliphatic rings. The molecular weight excluding hydrogens is 282 g/mol. The number of benzene rings is 1. The van der Waals surface area contributed by atoms with Gasteiger partial charge in [-0.2, -0.15) is 0 Å². The van der Waals surface area contributed by atoms with Crippen molar-refractivity contribution in [2.75, 3.05) is 5.75 Å². The van der Waals surface area contributed by atoms with E-state index in [1.807, 2.05) is 0 Å². The lowest BCUT2D eigenvalue weighted by molar-refractivity contribution is -0.144. The number of ether oxygens (including phenoxy) is 1. The molecule has 2 rings (SSSR count). The maximum atomic E-state index is 11.6. The predicted octanol–water partition coefficient (Wildman–Crippen LogP) is 0.904. The van der Waals surface area contributed by atoms with Crippen molar-refractivity contribution in [1.82, 2.24) is 4.72 Å². The maximum absolute atomic E-state index is 11.6. The Morgan fingerprint density at radius 3 is 2.90 bits per heavy atom. The number of carboxylic acid groups (broad SMARTS) is 1. The standard InChI is InChI=1S/C13H17NO5S/c1-2-5-20(17,18)14-8-9-3-4-11-10(6-9)7-12(19-11)13(15)16/h3-4,6,12,14H,2,5,7-8H2,1H3,(H,15,16)/t12-/m1/s1. The minimum Gasteiger partial charge on any atom is -0.478 e. The zero-order valence-corrected chi connectivity index (χ0v) is 11.9. The van der Waals surface area contributed by atoms with Crippen LogP contribution in [0.3, 0.4) is 0 Å². The molecule has 2 N–H and O–H groups in total. The number of hydrogen-bond donors (Lipinski definition) is 2. The van der Waals surface area contributed by atoms with Crippen LogP contribution in [0.2, 0.25) is 0 Å². The van der Waals surface area contributed by atoms with E-state index in [9.17, 15) is 13.2 Å².